The molecule has 0 aromatic carbocycles. The summed E-state index contributed by atoms with van der Waals surface area (Å²) in [6.07, 6.45) is 9.84. The number of esters is 1. The quantitative estimate of drug-likeness (QED) is 0.319. The van der Waals surface area contributed by atoms with Crippen LogP contribution < -0.4 is 0 Å². The van der Waals surface area contributed by atoms with Crippen LogP contribution in [0.4, 0.5) is 0 Å². The summed E-state index contributed by atoms with van der Waals surface area (Å²) in [5.41, 5.74) is 0. The zero-order valence-corrected chi connectivity index (χ0v) is 14.0. The molecule has 0 aromatic heterocycles. The Labute approximate surface area is 134 Å². The van der Waals surface area contributed by atoms with Crippen LogP contribution in [0.3, 0.4) is 0 Å². The van der Waals surface area contributed by atoms with E-state index in [9.17, 15) is 9.90 Å². The Hall–Kier alpha value is -0.650. The van der Waals surface area contributed by atoms with E-state index in [1.807, 2.05) is 0 Å². The van der Waals surface area contributed by atoms with Crippen LogP contribution in [0.1, 0.15) is 77.6 Å². The zero-order chi connectivity index (χ0) is 16.6. The highest BCUT2D eigenvalue weighted by Gasteiger charge is 2.13. The predicted molar refractivity (Wildman–Crippen MR) is 86.5 cm³/mol. The third-order valence-electron chi connectivity index (χ3n) is 3.69. The summed E-state index contributed by atoms with van der Waals surface area (Å²) in [7, 11) is 0. The second-order valence-corrected chi connectivity index (χ2v) is 5.99. The van der Waals surface area contributed by atoms with Crippen molar-refractivity contribution in [3.8, 4) is 0 Å². The highest BCUT2D eigenvalue weighted by Crippen LogP contribution is 2.12. The van der Waals surface area contributed by atoms with Crippen LogP contribution in [-0.4, -0.2) is 46.7 Å². The van der Waals surface area contributed by atoms with E-state index in [2.05, 4.69) is 6.92 Å². The molecule has 0 unspecified atom stereocenters. The van der Waals surface area contributed by atoms with Crippen molar-refractivity contribution >= 4 is 5.97 Å². The SMILES string of the molecule is CCCCCCCCCCC[C@H](O)CC(=O)OC[C@H](O)CO. The normalized spacial score (nSPS) is 13.8. The Morgan fingerprint density at radius 2 is 1.45 bits per heavy atom. The molecule has 0 rings (SSSR count). The summed E-state index contributed by atoms with van der Waals surface area (Å²) in [4.78, 5) is 11.4. The lowest BCUT2D eigenvalue weighted by Gasteiger charge is -2.12. The van der Waals surface area contributed by atoms with Gasteiger partial charge in [0.2, 0.25) is 0 Å². The fourth-order valence-electron chi connectivity index (χ4n) is 2.29. The Morgan fingerprint density at radius 1 is 0.909 bits per heavy atom. The lowest BCUT2D eigenvalue weighted by Crippen LogP contribution is -2.24. The van der Waals surface area contributed by atoms with Crippen molar-refractivity contribution in [1.82, 2.24) is 0 Å². The Morgan fingerprint density at radius 3 is 2.00 bits per heavy atom. The Kier molecular flexibility index (Phi) is 14.8. The smallest absolute Gasteiger partial charge is 0.308 e. The van der Waals surface area contributed by atoms with Gasteiger partial charge >= 0.3 is 5.97 Å². The number of aliphatic hydroxyl groups is 3. The number of carbonyl (C=O) groups is 1. The standard InChI is InChI=1S/C17H34O5/c1-2-3-4-5-6-7-8-9-10-11-15(19)12-17(21)22-14-16(20)13-18/h15-16,18-20H,2-14H2,1H3/t15-,16+/m0/s1. The molecule has 0 aliphatic rings. The average molecular weight is 318 g/mol. The minimum absolute atomic E-state index is 0.0465. The third kappa shape index (κ3) is 14.3. The van der Waals surface area contributed by atoms with Gasteiger partial charge in [-0.2, -0.15) is 0 Å². The molecule has 0 heterocycles. The van der Waals surface area contributed by atoms with Crippen molar-refractivity contribution in [3.05, 3.63) is 0 Å². The van der Waals surface area contributed by atoms with Gasteiger partial charge in [0.15, 0.2) is 0 Å². The molecule has 0 aromatic rings. The molecule has 0 saturated heterocycles. The van der Waals surface area contributed by atoms with Gasteiger partial charge in [0.05, 0.1) is 19.1 Å². The van der Waals surface area contributed by atoms with Crippen LogP contribution in [-0.2, 0) is 9.53 Å². The van der Waals surface area contributed by atoms with Crippen LogP contribution in [0.5, 0.6) is 0 Å². The largest absolute Gasteiger partial charge is 0.463 e. The van der Waals surface area contributed by atoms with Crippen molar-refractivity contribution in [2.24, 2.45) is 0 Å². The van der Waals surface area contributed by atoms with Gasteiger partial charge in [0.25, 0.3) is 0 Å². The minimum Gasteiger partial charge on any atom is -0.463 e. The van der Waals surface area contributed by atoms with E-state index in [-0.39, 0.29) is 13.0 Å². The maximum Gasteiger partial charge on any atom is 0.308 e. The van der Waals surface area contributed by atoms with Crippen LogP contribution in [0, 0.1) is 0 Å². The van der Waals surface area contributed by atoms with Gasteiger partial charge in [-0.1, -0.05) is 64.7 Å². The number of carbonyl (C=O) groups excluding carboxylic acids is 1. The molecule has 22 heavy (non-hydrogen) atoms. The van der Waals surface area contributed by atoms with Gasteiger partial charge in [0, 0.05) is 0 Å². The minimum atomic E-state index is -1.04. The van der Waals surface area contributed by atoms with E-state index in [0.29, 0.717) is 6.42 Å². The monoisotopic (exact) mass is 318 g/mol. The maximum atomic E-state index is 11.4. The molecule has 2 atom stereocenters. The van der Waals surface area contributed by atoms with Crippen molar-refractivity contribution in [2.75, 3.05) is 13.2 Å². The first-order valence-corrected chi connectivity index (χ1v) is 8.72. The van der Waals surface area contributed by atoms with Crippen molar-refractivity contribution in [3.63, 3.8) is 0 Å². The van der Waals surface area contributed by atoms with E-state index in [0.717, 1.165) is 12.8 Å². The van der Waals surface area contributed by atoms with Gasteiger partial charge in [-0.25, -0.2) is 0 Å². The second kappa shape index (κ2) is 15.3. The zero-order valence-electron chi connectivity index (χ0n) is 14.0. The molecule has 0 saturated carbocycles. The van der Waals surface area contributed by atoms with Crippen LogP contribution in [0.2, 0.25) is 0 Å². The summed E-state index contributed by atoms with van der Waals surface area (Å²) in [6, 6.07) is 0. The molecule has 132 valence electrons. The molecule has 5 nitrogen and oxygen atoms in total. The molecule has 0 bridgehead atoms. The molecule has 0 amide bonds. The molecule has 0 fully saturated rings. The Balaban J connectivity index is 3.38. The van der Waals surface area contributed by atoms with Crippen LogP contribution in [0.15, 0.2) is 0 Å². The summed E-state index contributed by atoms with van der Waals surface area (Å²) in [5, 5.41) is 27.4. The first-order chi connectivity index (χ1) is 10.6. The molecule has 0 aliphatic heterocycles. The van der Waals surface area contributed by atoms with Crippen molar-refractivity contribution in [1.29, 1.82) is 0 Å². The summed E-state index contributed by atoms with van der Waals surface area (Å²) in [6.45, 7) is 1.56. The molecule has 0 radical (unpaired) electrons. The maximum absolute atomic E-state index is 11.4. The van der Waals surface area contributed by atoms with Gasteiger partial charge in [-0.15, -0.1) is 0 Å². The fraction of sp³-hybridized carbons (Fsp3) is 0.941. The molecule has 0 spiro atoms. The summed E-state index contributed by atoms with van der Waals surface area (Å²) >= 11 is 0. The van der Waals surface area contributed by atoms with Crippen molar-refractivity contribution < 1.29 is 24.9 Å². The predicted octanol–water partition coefficient (Wildman–Crippen LogP) is 2.55. The van der Waals surface area contributed by atoms with Gasteiger partial charge < -0.3 is 20.1 Å². The summed E-state index contributed by atoms with van der Waals surface area (Å²) < 4.78 is 4.75. The number of unbranched alkanes of at least 4 members (excludes halogenated alkanes) is 8. The first-order valence-electron chi connectivity index (χ1n) is 8.72. The fourth-order valence-corrected chi connectivity index (χ4v) is 2.29. The van der Waals surface area contributed by atoms with E-state index in [1.54, 1.807) is 0 Å². The average Bonchev–Trinajstić information content (AvgIpc) is 2.50. The number of aliphatic hydroxyl groups excluding tert-OH is 3. The highest BCUT2D eigenvalue weighted by atomic mass is 16.5. The molecular weight excluding hydrogens is 284 g/mol. The molecule has 3 N–H and O–H groups in total. The lowest BCUT2D eigenvalue weighted by atomic mass is 10.0. The van der Waals surface area contributed by atoms with E-state index in [4.69, 9.17) is 14.9 Å². The van der Waals surface area contributed by atoms with E-state index in [1.165, 1.54) is 44.9 Å². The molecular formula is C17H34O5. The number of hydrogen-bond donors (Lipinski definition) is 3. The van der Waals surface area contributed by atoms with E-state index >= 15 is 0 Å². The van der Waals surface area contributed by atoms with Crippen LogP contribution in [0.25, 0.3) is 0 Å². The van der Waals surface area contributed by atoms with E-state index < -0.39 is 24.8 Å². The highest BCUT2D eigenvalue weighted by molar-refractivity contribution is 5.69. The lowest BCUT2D eigenvalue weighted by molar-refractivity contribution is -0.149. The molecule has 5 heteroatoms. The summed E-state index contributed by atoms with van der Waals surface area (Å²) in [5.74, 6) is -0.532. The topological polar surface area (TPSA) is 87.0 Å². The number of rotatable bonds is 15. The number of ether oxygens (including phenoxy) is 1. The Bertz CT molecular complexity index is 257. The first kappa shape index (κ1) is 21.4. The van der Waals surface area contributed by atoms with Gasteiger partial charge in [0.1, 0.15) is 12.7 Å². The van der Waals surface area contributed by atoms with Gasteiger partial charge in [-0.3, -0.25) is 4.79 Å². The second-order valence-electron chi connectivity index (χ2n) is 5.99. The molecule has 0 aliphatic carbocycles. The van der Waals surface area contributed by atoms with Gasteiger partial charge in [-0.05, 0) is 6.42 Å². The van der Waals surface area contributed by atoms with Crippen molar-refractivity contribution in [2.45, 2.75) is 89.8 Å². The third-order valence-corrected chi connectivity index (χ3v) is 3.69. The number of hydrogen-bond acceptors (Lipinski definition) is 5. The van der Waals surface area contributed by atoms with Crippen LogP contribution >= 0.6 is 0 Å².